The van der Waals surface area contributed by atoms with E-state index in [1.807, 2.05) is 0 Å². The first-order valence-corrected chi connectivity index (χ1v) is 10.9. The molecular formula is C21H21N3O7S. The van der Waals surface area contributed by atoms with Gasteiger partial charge in [-0.15, -0.1) is 0 Å². The van der Waals surface area contributed by atoms with Crippen molar-refractivity contribution in [3.63, 3.8) is 0 Å². The van der Waals surface area contributed by atoms with Gasteiger partial charge in [0.2, 0.25) is 5.91 Å². The number of amides is 1. The number of nitrogens with one attached hydrogen (secondary N) is 2. The maximum Gasteiger partial charge on any atom is 0.360 e. The highest BCUT2D eigenvalue weighted by Gasteiger charge is 2.22. The Labute approximate surface area is 184 Å². The lowest BCUT2D eigenvalue weighted by molar-refractivity contribution is -0.114. The van der Waals surface area contributed by atoms with Crippen molar-refractivity contribution in [1.82, 2.24) is 5.16 Å². The zero-order valence-electron chi connectivity index (χ0n) is 17.5. The number of methoxy groups -OCH3 is 1. The lowest BCUT2D eigenvalue weighted by Crippen LogP contribution is -2.14. The second-order valence-electron chi connectivity index (χ2n) is 6.53. The summed E-state index contributed by atoms with van der Waals surface area (Å²) < 4.78 is 43.8. The van der Waals surface area contributed by atoms with Crippen molar-refractivity contribution in [2.45, 2.75) is 18.7 Å². The molecular weight excluding hydrogens is 438 g/mol. The first kappa shape index (κ1) is 22.8. The molecule has 0 unspecified atom stereocenters. The Bertz CT molecular complexity index is 1230. The molecule has 3 aromatic rings. The molecule has 0 aliphatic carbocycles. The van der Waals surface area contributed by atoms with E-state index in [0.29, 0.717) is 11.3 Å². The lowest BCUT2D eigenvalue weighted by atomic mass is 10.1. The molecule has 0 bridgehead atoms. The fourth-order valence-corrected chi connectivity index (χ4v) is 4.04. The average Bonchev–Trinajstić information content (AvgIpc) is 3.25. The number of esters is 1. The Balaban J connectivity index is 1.90. The summed E-state index contributed by atoms with van der Waals surface area (Å²) in [6.45, 7) is 3.23. The van der Waals surface area contributed by atoms with E-state index in [2.05, 4.69) is 15.2 Å². The van der Waals surface area contributed by atoms with Crippen LogP contribution in [0.25, 0.3) is 11.3 Å². The number of hydrogen-bond acceptors (Lipinski definition) is 8. The predicted molar refractivity (Wildman–Crippen MR) is 116 cm³/mol. The van der Waals surface area contributed by atoms with Gasteiger partial charge in [0.25, 0.3) is 10.0 Å². The molecule has 11 heteroatoms. The van der Waals surface area contributed by atoms with E-state index >= 15 is 0 Å². The Kier molecular flexibility index (Phi) is 6.79. The van der Waals surface area contributed by atoms with Gasteiger partial charge in [-0.25, -0.2) is 13.2 Å². The molecule has 1 aromatic heterocycles. The summed E-state index contributed by atoms with van der Waals surface area (Å²) in [4.78, 5) is 22.8. The molecule has 0 aliphatic heterocycles. The number of benzene rings is 2. The van der Waals surface area contributed by atoms with Crippen molar-refractivity contribution in [1.29, 1.82) is 0 Å². The van der Waals surface area contributed by atoms with Gasteiger partial charge in [0, 0.05) is 29.9 Å². The molecule has 2 aromatic carbocycles. The van der Waals surface area contributed by atoms with Gasteiger partial charge >= 0.3 is 5.97 Å². The summed E-state index contributed by atoms with van der Waals surface area (Å²) in [6, 6.07) is 11.9. The van der Waals surface area contributed by atoms with E-state index in [0.717, 1.165) is 0 Å². The van der Waals surface area contributed by atoms with Crippen LogP contribution in [0.1, 0.15) is 24.3 Å². The van der Waals surface area contributed by atoms with Crippen LogP contribution >= 0.6 is 0 Å². The van der Waals surface area contributed by atoms with Crippen molar-refractivity contribution < 1.29 is 32.0 Å². The Morgan fingerprint density at radius 3 is 2.38 bits per heavy atom. The number of rotatable bonds is 8. The highest BCUT2D eigenvalue weighted by molar-refractivity contribution is 7.92. The van der Waals surface area contributed by atoms with Crippen LogP contribution in [0.5, 0.6) is 5.75 Å². The van der Waals surface area contributed by atoms with E-state index in [9.17, 15) is 18.0 Å². The number of ether oxygens (including phenoxy) is 2. The van der Waals surface area contributed by atoms with Crippen molar-refractivity contribution in [3.8, 4) is 17.1 Å². The fourth-order valence-electron chi connectivity index (χ4n) is 2.79. The topological polar surface area (TPSA) is 137 Å². The zero-order valence-corrected chi connectivity index (χ0v) is 18.4. The summed E-state index contributed by atoms with van der Waals surface area (Å²) in [7, 11) is -2.71. The zero-order chi connectivity index (χ0) is 23.3. The molecule has 0 fully saturated rings. The van der Waals surface area contributed by atoms with Gasteiger partial charge < -0.3 is 19.3 Å². The molecule has 1 heterocycles. The number of hydrogen-bond donors (Lipinski definition) is 2. The number of nitrogens with zero attached hydrogens (tertiary/aromatic N) is 1. The van der Waals surface area contributed by atoms with Gasteiger partial charge in [-0.2, -0.15) is 0 Å². The maximum atomic E-state index is 13.0. The third-order valence-electron chi connectivity index (χ3n) is 4.19. The molecule has 168 valence electrons. The minimum atomic E-state index is -4.06. The standard InChI is InChI=1S/C21H21N3O7S/c1-4-30-21(26)17-12-19(31-23-17)14-5-10-18(29-3)20(11-14)32(27,28)24-16-8-6-15(7-9-16)22-13(2)25/h5-12,24H,4H2,1-3H3,(H,22,25). The van der Waals surface area contributed by atoms with Crippen LogP contribution in [0.15, 0.2) is 57.9 Å². The van der Waals surface area contributed by atoms with Crippen molar-refractivity contribution in [2.24, 2.45) is 0 Å². The quantitative estimate of drug-likeness (QED) is 0.490. The summed E-state index contributed by atoms with van der Waals surface area (Å²) >= 11 is 0. The summed E-state index contributed by atoms with van der Waals surface area (Å²) in [5.74, 6) is -0.584. The number of carbonyl (C=O) groups excluding carboxylic acids is 2. The van der Waals surface area contributed by atoms with Gasteiger partial charge in [-0.3, -0.25) is 9.52 Å². The Hall–Kier alpha value is -3.86. The summed E-state index contributed by atoms with van der Waals surface area (Å²) in [6.07, 6.45) is 0. The molecule has 0 spiro atoms. The van der Waals surface area contributed by atoms with E-state index < -0.39 is 16.0 Å². The minimum absolute atomic E-state index is 0.0283. The molecule has 10 nitrogen and oxygen atoms in total. The van der Waals surface area contributed by atoms with E-state index in [1.165, 1.54) is 44.4 Å². The van der Waals surface area contributed by atoms with Crippen LogP contribution < -0.4 is 14.8 Å². The van der Waals surface area contributed by atoms with Crippen molar-refractivity contribution in [2.75, 3.05) is 23.8 Å². The molecule has 0 saturated carbocycles. The maximum absolute atomic E-state index is 13.0. The SMILES string of the molecule is CCOC(=O)c1cc(-c2ccc(OC)c(S(=O)(=O)Nc3ccc(NC(C)=O)cc3)c2)on1. The smallest absolute Gasteiger partial charge is 0.360 e. The predicted octanol–water partition coefficient (Wildman–Crippen LogP) is 3.29. The van der Waals surface area contributed by atoms with Crippen LogP contribution in [-0.4, -0.2) is 39.2 Å². The van der Waals surface area contributed by atoms with Crippen molar-refractivity contribution >= 4 is 33.3 Å². The largest absolute Gasteiger partial charge is 0.495 e. The van der Waals surface area contributed by atoms with Crippen LogP contribution in [0.3, 0.4) is 0 Å². The minimum Gasteiger partial charge on any atom is -0.495 e. The highest BCUT2D eigenvalue weighted by atomic mass is 32.2. The second kappa shape index (κ2) is 9.52. The Morgan fingerprint density at radius 1 is 1.06 bits per heavy atom. The number of anilines is 2. The molecule has 32 heavy (non-hydrogen) atoms. The van der Waals surface area contributed by atoms with Gasteiger partial charge in [-0.05, 0) is 49.4 Å². The van der Waals surface area contributed by atoms with Crippen molar-refractivity contribution in [3.05, 3.63) is 54.2 Å². The van der Waals surface area contributed by atoms with Gasteiger partial charge in [0.05, 0.1) is 13.7 Å². The van der Waals surface area contributed by atoms with Crippen LogP contribution in [-0.2, 0) is 19.6 Å². The molecule has 0 aliphatic rings. The molecule has 0 atom stereocenters. The monoisotopic (exact) mass is 459 g/mol. The molecule has 0 radical (unpaired) electrons. The molecule has 1 amide bonds. The third-order valence-corrected chi connectivity index (χ3v) is 5.59. The summed E-state index contributed by atoms with van der Waals surface area (Å²) in [5, 5.41) is 6.27. The van der Waals surface area contributed by atoms with Crippen LogP contribution in [0, 0.1) is 0 Å². The third kappa shape index (κ3) is 5.24. The van der Waals surface area contributed by atoms with Gasteiger partial charge in [0.1, 0.15) is 10.6 Å². The van der Waals surface area contributed by atoms with Crippen LogP contribution in [0.4, 0.5) is 11.4 Å². The molecule has 2 N–H and O–H groups in total. The first-order valence-electron chi connectivity index (χ1n) is 9.46. The number of carbonyl (C=O) groups is 2. The lowest BCUT2D eigenvalue weighted by Gasteiger charge is -2.13. The number of sulfonamides is 1. The van der Waals surface area contributed by atoms with Gasteiger partial charge in [-0.1, -0.05) is 5.16 Å². The fraction of sp³-hybridized carbons (Fsp3) is 0.190. The van der Waals surface area contributed by atoms with Gasteiger partial charge in [0.15, 0.2) is 11.5 Å². The second-order valence-corrected chi connectivity index (χ2v) is 8.18. The first-order chi connectivity index (χ1) is 15.2. The molecule has 3 rings (SSSR count). The van der Waals surface area contributed by atoms with Crippen LogP contribution in [0.2, 0.25) is 0 Å². The van der Waals surface area contributed by atoms with E-state index in [-0.39, 0.29) is 40.3 Å². The molecule has 0 saturated heterocycles. The van der Waals surface area contributed by atoms with E-state index in [1.54, 1.807) is 25.1 Å². The average molecular weight is 459 g/mol. The summed E-state index contributed by atoms with van der Waals surface area (Å²) in [5.41, 5.74) is 1.16. The Morgan fingerprint density at radius 2 is 1.75 bits per heavy atom. The van der Waals surface area contributed by atoms with E-state index in [4.69, 9.17) is 14.0 Å². The number of aromatic nitrogens is 1. The highest BCUT2D eigenvalue weighted by Crippen LogP contribution is 2.31. The normalized spacial score (nSPS) is 11.0.